The number of likely N-dealkylation sites (N-methyl/N-ethyl adjacent to an activating group) is 1. The Kier molecular flexibility index (Phi) is 7.81. The smallest absolute Gasteiger partial charge is 0.409 e. The van der Waals surface area contributed by atoms with Crippen LogP contribution in [0.3, 0.4) is 0 Å². The van der Waals surface area contributed by atoms with Gasteiger partial charge in [0.2, 0.25) is 5.91 Å². The van der Waals surface area contributed by atoms with E-state index in [2.05, 4.69) is 29.6 Å². The molecule has 5 unspecified atom stereocenters. The highest BCUT2D eigenvalue weighted by atomic mass is 16.5. The molecule has 5 fully saturated rings. The molecule has 1 aromatic carbocycles. The van der Waals surface area contributed by atoms with Crippen LogP contribution in [0.2, 0.25) is 0 Å². The van der Waals surface area contributed by atoms with Gasteiger partial charge in [0.15, 0.2) is 0 Å². The number of aryl methyl sites for hydroxylation is 1. The lowest BCUT2D eigenvalue weighted by atomic mass is 9.64. The Bertz CT molecular complexity index is 1620. The largest absolute Gasteiger partial charge is 0.453 e. The molecule has 2 aliphatic heterocycles. The van der Waals surface area contributed by atoms with Gasteiger partial charge in [-0.3, -0.25) is 14.3 Å². The highest BCUT2D eigenvalue weighted by Gasteiger charge is 2.75. The number of likely N-dealkylation sites (tertiary alicyclic amines) is 2. The summed E-state index contributed by atoms with van der Waals surface area (Å²) >= 11 is 0. The molecule has 4 amide bonds. The zero-order chi connectivity index (χ0) is 34.2. The van der Waals surface area contributed by atoms with E-state index in [9.17, 15) is 19.2 Å². The molecule has 3 aliphatic carbocycles. The minimum absolute atomic E-state index is 0.0112. The van der Waals surface area contributed by atoms with Gasteiger partial charge in [0.05, 0.1) is 19.6 Å². The highest BCUT2D eigenvalue weighted by Crippen LogP contribution is 2.66. The van der Waals surface area contributed by atoms with Gasteiger partial charge in [-0.15, -0.1) is 0 Å². The summed E-state index contributed by atoms with van der Waals surface area (Å²) in [6.07, 6.45) is 8.87. The van der Waals surface area contributed by atoms with Crippen molar-refractivity contribution in [1.29, 1.82) is 0 Å². The van der Waals surface area contributed by atoms with Gasteiger partial charge >= 0.3 is 12.0 Å². The van der Waals surface area contributed by atoms with Gasteiger partial charge in [0.25, 0.3) is 5.91 Å². The van der Waals surface area contributed by atoms with Crippen molar-refractivity contribution < 1.29 is 23.9 Å². The summed E-state index contributed by atoms with van der Waals surface area (Å²) in [5.41, 5.74) is 1.33. The van der Waals surface area contributed by atoms with Gasteiger partial charge in [-0.25, -0.2) is 14.1 Å². The second-order valence-corrected chi connectivity index (χ2v) is 16.3. The first-order chi connectivity index (χ1) is 22.8. The molecular weight excluding hydrogens is 608 g/mol. The van der Waals surface area contributed by atoms with Gasteiger partial charge in [-0.05, 0) is 54.9 Å². The molecular formula is C37H51N6O5+. The zero-order valence-electron chi connectivity index (χ0n) is 29.3. The number of carbonyl (C=O) groups excluding carboxylic acids is 4. The van der Waals surface area contributed by atoms with Crippen molar-refractivity contribution in [1.82, 2.24) is 29.8 Å². The lowest BCUT2D eigenvalue weighted by Gasteiger charge is -2.49. The molecule has 3 saturated carbocycles. The summed E-state index contributed by atoms with van der Waals surface area (Å²) in [5.74, 6) is 0.124. The molecule has 2 saturated heterocycles. The van der Waals surface area contributed by atoms with Crippen molar-refractivity contribution in [3.63, 3.8) is 0 Å². The number of fused-ring (bicyclic) bond motifs is 1. The van der Waals surface area contributed by atoms with Crippen LogP contribution in [0.15, 0.2) is 36.5 Å². The Hall–Kier alpha value is -3.73. The summed E-state index contributed by atoms with van der Waals surface area (Å²) in [7, 11) is 5.11. The van der Waals surface area contributed by atoms with Crippen molar-refractivity contribution in [3.05, 3.63) is 47.8 Å². The van der Waals surface area contributed by atoms with E-state index in [0.717, 1.165) is 49.8 Å². The fourth-order valence-corrected chi connectivity index (χ4v) is 9.57. The number of hydrogen-bond acceptors (Lipinski definition) is 6. The maximum Gasteiger partial charge on any atom is 0.409 e. The Balaban J connectivity index is 1.19. The molecule has 48 heavy (non-hydrogen) atoms. The van der Waals surface area contributed by atoms with Crippen LogP contribution in [0, 0.1) is 28.6 Å². The zero-order valence-corrected chi connectivity index (χ0v) is 29.3. The maximum absolute atomic E-state index is 14.8. The van der Waals surface area contributed by atoms with Crippen molar-refractivity contribution >= 4 is 29.5 Å². The van der Waals surface area contributed by atoms with Crippen LogP contribution in [-0.4, -0.2) is 84.4 Å². The number of nitrogens with one attached hydrogen (secondary N) is 2. The Morgan fingerprint density at radius 3 is 2.31 bits per heavy atom. The standard InChI is InChI=1S/C37H50N6O5/c1-35(16-8-17-35)22-38-33(46)37(3,25-20-42(21-25)34(47)48-6)24-11-13-26(14-12-24)43(5)28-19-36(28,2)29(23-9-7-10-23)30(32(43)45)40-31(44)27-15-18-39-41(27)4/h11-15,18,23,25,28-30H,7-10,16-17,19-22H2,1-6H3,(H-,38,40,44,46)/p+1/t28?,29?,30-,36?,37?,43?/m0/s1. The molecule has 11 heteroatoms. The van der Waals surface area contributed by atoms with Crippen LogP contribution < -0.4 is 15.1 Å². The quantitative estimate of drug-likeness (QED) is 0.390. The van der Waals surface area contributed by atoms with Gasteiger partial charge in [0.1, 0.15) is 23.5 Å². The first-order valence-corrected chi connectivity index (χ1v) is 17.7. The summed E-state index contributed by atoms with van der Waals surface area (Å²) in [6, 6.07) is 9.19. The van der Waals surface area contributed by atoms with E-state index < -0.39 is 11.5 Å². The molecule has 6 atom stereocenters. The average Bonchev–Trinajstić information content (AvgIpc) is 3.54. The van der Waals surface area contributed by atoms with E-state index in [1.165, 1.54) is 13.5 Å². The third-order valence-electron chi connectivity index (χ3n) is 13.5. The van der Waals surface area contributed by atoms with E-state index in [1.54, 1.807) is 28.9 Å². The van der Waals surface area contributed by atoms with E-state index in [1.807, 2.05) is 38.2 Å². The van der Waals surface area contributed by atoms with Crippen molar-refractivity contribution in [3.8, 4) is 0 Å². The first-order valence-electron chi connectivity index (χ1n) is 17.7. The summed E-state index contributed by atoms with van der Waals surface area (Å²) < 4.78 is 6.59. The molecule has 11 nitrogen and oxygen atoms in total. The Labute approximate surface area is 283 Å². The Morgan fingerprint density at radius 1 is 1.08 bits per heavy atom. The lowest BCUT2D eigenvalue weighted by molar-refractivity contribution is -0.140. The Morgan fingerprint density at radius 2 is 1.77 bits per heavy atom. The lowest BCUT2D eigenvalue weighted by Crippen LogP contribution is -2.69. The number of quaternary nitrogens is 1. The van der Waals surface area contributed by atoms with Crippen LogP contribution in [0.1, 0.15) is 81.8 Å². The van der Waals surface area contributed by atoms with Gasteiger partial charge in [-0.1, -0.05) is 51.7 Å². The van der Waals surface area contributed by atoms with Crippen molar-refractivity contribution in [2.75, 3.05) is 33.8 Å². The third kappa shape index (κ3) is 4.90. The molecule has 1 aromatic heterocycles. The van der Waals surface area contributed by atoms with Crippen LogP contribution >= 0.6 is 0 Å². The molecule has 2 aromatic rings. The summed E-state index contributed by atoms with van der Waals surface area (Å²) in [6.45, 7) is 8.00. The number of hydrogen-bond donors (Lipinski definition) is 2. The summed E-state index contributed by atoms with van der Waals surface area (Å²) in [4.78, 5) is 56.3. The van der Waals surface area contributed by atoms with Crippen LogP contribution in [-0.2, 0) is 26.8 Å². The van der Waals surface area contributed by atoms with E-state index in [4.69, 9.17) is 4.74 Å². The summed E-state index contributed by atoms with van der Waals surface area (Å²) in [5, 5.41) is 10.6. The van der Waals surface area contributed by atoms with Gasteiger partial charge < -0.3 is 20.3 Å². The number of rotatable bonds is 9. The second-order valence-electron chi connectivity index (χ2n) is 16.3. The molecule has 2 N–H and O–H groups in total. The molecule has 7 rings (SSSR count). The van der Waals surface area contributed by atoms with Gasteiger partial charge in [-0.2, -0.15) is 5.10 Å². The average molecular weight is 660 g/mol. The predicted molar refractivity (Wildman–Crippen MR) is 181 cm³/mol. The molecule has 5 aliphatic rings. The van der Waals surface area contributed by atoms with E-state index in [0.29, 0.717) is 31.2 Å². The fourth-order valence-electron chi connectivity index (χ4n) is 9.57. The van der Waals surface area contributed by atoms with Crippen LogP contribution in [0.5, 0.6) is 0 Å². The number of benzene rings is 1. The van der Waals surface area contributed by atoms with Crippen LogP contribution in [0.4, 0.5) is 10.5 Å². The van der Waals surface area contributed by atoms with Crippen LogP contribution in [0.25, 0.3) is 0 Å². The number of nitrogens with zero attached hydrogens (tertiary/aromatic N) is 4. The number of aromatic nitrogens is 2. The maximum atomic E-state index is 14.8. The minimum atomic E-state index is -0.878. The topological polar surface area (TPSA) is 123 Å². The molecule has 3 heterocycles. The monoisotopic (exact) mass is 659 g/mol. The number of amides is 4. The molecule has 0 spiro atoms. The van der Waals surface area contributed by atoms with E-state index >= 15 is 0 Å². The van der Waals surface area contributed by atoms with Gasteiger partial charge in [0, 0.05) is 56.6 Å². The number of ether oxygens (including phenoxy) is 1. The normalized spacial score (nSPS) is 32.1. The van der Waals surface area contributed by atoms with E-state index in [-0.39, 0.29) is 57.0 Å². The molecule has 0 bridgehead atoms. The highest BCUT2D eigenvalue weighted by molar-refractivity contribution is 6.01. The number of carbonyl (C=O) groups is 4. The molecule has 258 valence electrons. The first kappa shape index (κ1) is 32.8. The van der Waals surface area contributed by atoms with Crippen molar-refractivity contribution in [2.24, 2.45) is 35.6 Å². The fraction of sp³-hybridized carbons (Fsp3) is 0.649. The third-order valence-corrected chi connectivity index (χ3v) is 13.5. The number of piperidine rings is 1. The SMILES string of the molecule is COC(=O)N1CC(C(C)(C(=O)NCC2(C)CCC2)c2ccc([N+]3(C)C(=O)[C@@H](NC(=O)c4ccnn4C)C(C4CCC4)C4(C)CC43)cc2)C1. The predicted octanol–water partition coefficient (Wildman–Crippen LogP) is 4.15. The number of methoxy groups -OCH3 is 1. The molecule has 0 radical (unpaired) electrons. The van der Waals surface area contributed by atoms with Crippen molar-refractivity contribution in [2.45, 2.75) is 83.2 Å². The second kappa shape index (κ2) is 11.4. The minimum Gasteiger partial charge on any atom is -0.453 e.